The molecular weight excluding hydrogens is 375 g/mol. The van der Waals surface area contributed by atoms with E-state index >= 15 is 0 Å². The van der Waals surface area contributed by atoms with Crippen LogP contribution in [0.1, 0.15) is 17.2 Å². The van der Waals surface area contributed by atoms with Gasteiger partial charge in [-0.3, -0.25) is 4.79 Å². The molecular formula is C17H20BrFN4O. The molecule has 1 saturated heterocycles. The summed E-state index contributed by atoms with van der Waals surface area (Å²) in [7, 11) is 1.99. The Morgan fingerprint density at radius 2 is 2.33 bits per heavy atom. The van der Waals surface area contributed by atoms with Crippen molar-refractivity contribution in [1.29, 1.82) is 0 Å². The highest BCUT2D eigenvalue weighted by molar-refractivity contribution is 9.10. The Kier molecular flexibility index (Phi) is 5.30. The molecule has 2 aromatic rings. The predicted octanol–water partition coefficient (Wildman–Crippen LogP) is 1.98. The number of amides is 1. The van der Waals surface area contributed by atoms with Crippen molar-refractivity contribution in [1.82, 2.24) is 20.2 Å². The molecule has 1 aromatic heterocycles. The fourth-order valence-electron chi connectivity index (χ4n) is 3.16. The van der Waals surface area contributed by atoms with Crippen LogP contribution < -0.4 is 10.6 Å². The zero-order chi connectivity index (χ0) is 17.1. The number of benzene rings is 1. The molecule has 1 aromatic carbocycles. The Labute approximate surface area is 148 Å². The van der Waals surface area contributed by atoms with E-state index in [1.807, 2.05) is 17.8 Å². The predicted molar refractivity (Wildman–Crippen MR) is 93.1 cm³/mol. The second-order valence-electron chi connectivity index (χ2n) is 6.18. The van der Waals surface area contributed by atoms with E-state index in [9.17, 15) is 9.18 Å². The number of aromatic nitrogens is 2. The zero-order valence-electron chi connectivity index (χ0n) is 13.4. The van der Waals surface area contributed by atoms with Crippen LogP contribution in [0.4, 0.5) is 4.39 Å². The van der Waals surface area contributed by atoms with Crippen LogP contribution >= 0.6 is 15.9 Å². The second kappa shape index (κ2) is 7.44. The summed E-state index contributed by atoms with van der Waals surface area (Å²) in [6.07, 6.45) is 3.94. The standard InChI is InChI=1S/C17H20BrFN4O/c1-23-10-21-9-16(23)13-8-20-6-12(13)7-22-17(24)5-11-2-3-15(19)14(18)4-11/h2-4,9-10,12-13,20H,5-8H2,1H3,(H,22,24)/t12-,13+/m0/s1. The minimum Gasteiger partial charge on any atom is -0.355 e. The first-order valence-corrected chi connectivity index (χ1v) is 8.71. The van der Waals surface area contributed by atoms with Crippen LogP contribution in [0.3, 0.4) is 0 Å². The first kappa shape index (κ1) is 17.1. The van der Waals surface area contributed by atoms with Gasteiger partial charge in [-0.2, -0.15) is 0 Å². The van der Waals surface area contributed by atoms with Gasteiger partial charge in [-0.05, 0) is 39.5 Å². The molecule has 2 N–H and O–H groups in total. The van der Waals surface area contributed by atoms with Crippen molar-refractivity contribution in [3.8, 4) is 0 Å². The van der Waals surface area contributed by atoms with Crippen molar-refractivity contribution in [3.05, 3.63) is 52.3 Å². The number of nitrogens with one attached hydrogen (secondary N) is 2. The minimum absolute atomic E-state index is 0.0517. The lowest BCUT2D eigenvalue weighted by atomic mass is 9.93. The molecule has 128 valence electrons. The summed E-state index contributed by atoms with van der Waals surface area (Å²) >= 11 is 3.14. The van der Waals surface area contributed by atoms with Gasteiger partial charge in [0, 0.05) is 44.5 Å². The van der Waals surface area contributed by atoms with E-state index < -0.39 is 0 Å². The third kappa shape index (κ3) is 3.84. The van der Waals surface area contributed by atoms with Gasteiger partial charge in [0.05, 0.1) is 17.2 Å². The first-order chi connectivity index (χ1) is 11.5. The summed E-state index contributed by atoms with van der Waals surface area (Å²) in [5, 5.41) is 6.39. The first-order valence-electron chi connectivity index (χ1n) is 7.92. The molecule has 1 amide bonds. The van der Waals surface area contributed by atoms with Gasteiger partial charge < -0.3 is 15.2 Å². The molecule has 0 radical (unpaired) electrons. The number of aryl methyl sites for hydroxylation is 1. The molecule has 3 rings (SSSR count). The van der Waals surface area contributed by atoms with Crippen LogP contribution in [0.25, 0.3) is 0 Å². The fraction of sp³-hybridized carbons (Fsp3) is 0.412. The highest BCUT2D eigenvalue weighted by Gasteiger charge is 2.30. The van der Waals surface area contributed by atoms with E-state index in [1.165, 1.54) is 11.8 Å². The summed E-state index contributed by atoms with van der Waals surface area (Å²) < 4.78 is 15.6. The molecule has 7 heteroatoms. The average Bonchev–Trinajstić information content (AvgIpc) is 3.17. The largest absolute Gasteiger partial charge is 0.355 e. The van der Waals surface area contributed by atoms with Crippen molar-refractivity contribution in [3.63, 3.8) is 0 Å². The molecule has 0 unspecified atom stereocenters. The van der Waals surface area contributed by atoms with Crippen LogP contribution in [-0.2, 0) is 18.3 Å². The van der Waals surface area contributed by atoms with E-state index in [0.717, 1.165) is 18.7 Å². The Balaban J connectivity index is 1.55. The van der Waals surface area contributed by atoms with Crippen molar-refractivity contribution in [2.24, 2.45) is 13.0 Å². The van der Waals surface area contributed by atoms with E-state index in [2.05, 4.69) is 31.5 Å². The molecule has 0 aliphatic carbocycles. The molecule has 24 heavy (non-hydrogen) atoms. The molecule has 0 saturated carbocycles. The van der Waals surface area contributed by atoms with Gasteiger partial charge in [0.1, 0.15) is 5.82 Å². The van der Waals surface area contributed by atoms with Gasteiger partial charge in [-0.25, -0.2) is 9.37 Å². The van der Waals surface area contributed by atoms with E-state index in [0.29, 0.717) is 22.9 Å². The zero-order valence-corrected chi connectivity index (χ0v) is 15.0. The highest BCUT2D eigenvalue weighted by atomic mass is 79.9. The average molecular weight is 395 g/mol. The Morgan fingerprint density at radius 3 is 3.04 bits per heavy atom. The van der Waals surface area contributed by atoms with Gasteiger partial charge in [0.2, 0.25) is 5.91 Å². The molecule has 5 nitrogen and oxygen atoms in total. The summed E-state index contributed by atoms with van der Waals surface area (Å²) in [5.74, 6) is 0.307. The van der Waals surface area contributed by atoms with Gasteiger partial charge in [0.25, 0.3) is 0 Å². The summed E-state index contributed by atoms with van der Waals surface area (Å²) in [6.45, 7) is 2.38. The van der Waals surface area contributed by atoms with Crippen LogP contribution in [0.2, 0.25) is 0 Å². The summed E-state index contributed by atoms with van der Waals surface area (Å²) in [6, 6.07) is 4.64. The lowest BCUT2D eigenvalue weighted by molar-refractivity contribution is -0.120. The quantitative estimate of drug-likeness (QED) is 0.814. The number of imidazole rings is 1. The third-order valence-corrected chi connectivity index (χ3v) is 5.09. The fourth-order valence-corrected chi connectivity index (χ4v) is 3.59. The Bertz CT molecular complexity index is 733. The number of rotatable bonds is 5. The molecule has 1 aliphatic rings. The number of nitrogens with zero attached hydrogens (tertiary/aromatic N) is 2. The van der Waals surface area contributed by atoms with Crippen molar-refractivity contribution in [2.75, 3.05) is 19.6 Å². The highest BCUT2D eigenvalue weighted by Crippen LogP contribution is 2.27. The number of carbonyl (C=O) groups is 1. The number of carbonyl (C=O) groups excluding carboxylic acids is 1. The molecule has 2 heterocycles. The van der Waals surface area contributed by atoms with Gasteiger partial charge in [-0.15, -0.1) is 0 Å². The number of hydrogen-bond donors (Lipinski definition) is 2. The topological polar surface area (TPSA) is 59.0 Å². The molecule has 0 bridgehead atoms. The van der Waals surface area contributed by atoms with Crippen LogP contribution in [0, 0.1) is 11.7 Å². The monoisotopic (exact) mass is 394 g/mol. The molecule has 1 aliphatic heterocycles. The van der Waals surface area contributed by atoms with E-state index in [4.69, 9.17) is 0 Å². The van der Waals surface area contributed by atoms with Crippen molar-refractivity contribution in [2.45, 2.75) is 12.3 Å². The van der Waals surface area contributed by atoms with Crippen LogP contribution in [0.5, 0.6) is 0 Å². The van der Waals surface area contributed by atoms with E-state index in [-0.39, 0.29) is 18.1 Å². The second-order valence-corrected chi connectivity index (χ2v) is 7.04. The third-order valence-electron chi connectivity index (χ3n) is 4.48. The number of hydrogen-bond acceptors (Lipinski definition) is 3. The minimum atomic E-state index is -0.324. The SMILES string of the molecule is Cn1cncc1[C@@H]1CNC[C@H]1CNC(=O)Cc1ccc(F)c(Br)c1. The Morgan fingerprint density at radius 1 is 1.50 bits per heavy atom. The smallest absolute Gasteiger partial charge is 0.224 e. The lowest BCUT2D eigenvalue weighted by Crippen LogP contribution is -2.33. The van der Waals surface area contributed by atoms with Crippen molar-refractivity contribution < 1.29 is 9.18 Å². The maximum absolute atomic E-state index is 13.2. The normalized spacial score (nSPS) is 20.3. The Hall–Kier alpha value is -1.73. The van der Waals surface area contributed by atoms with Crippen molar-refractivity contribution >= 4 is 21.8 Å². The maximum Gasteiger partial charge on any atom is 0.224 e. The van der Waals surface area contributed by atoms with Crippen LogP contribution in [0.15, 0.2) is 35.2 Å². The molecule has 1 fully saturated rings. The summed E-state index contributed by atoms with van der Waals surface area (Å²) in [5.41, 5.74) is 1.97. The lowest BCUT2D eigenvalue weighted by Gasteiger charge is -2.19. The maximum atomic E-state index is 13.2. The van der Waals surface area contributed by atoms with Gasteiger partial charge >= 0.3 is 0 Å². The van der Waals surface area contributed by atoms with Crippen LogP contribution in [-0.4, -0.2) is 35.1 Å². The summed E-state index contributed by atoms with van der Waals surface area (Å²) in [4.78, 5) is 16.3. The molecule has 2 atom stereocenters. The molecule has 0 spiro atoms. The number of halogens is 2. The van der Waals surface area contributed by atoms with Gasteiger partial charge in [-0.1, -0.05) is 6.07 Å². The van der Waals surface area contributed by atoms with Gasteiger partial charge in [0.15, 0.2) is 0 Å². The van der Waals surface area contributed by atoms with E-state index in [1.54, 1.807) is 18.5 Å².